The van der Waals surface area contributed by atoms with Crippen LogP contribution in [0.3, 0.4) is 0 Å². The number of fused-ring (bicyclic) bond motifs is 1. The van der Waals surface area contributed by atoms with Crippen molar-refractivity contribution >= 4 is 32.3 Å². The highest BCUT2D eigenvalue weighted by Gasteiger charge is 2.19. The van der Waals surface area contributed by atoms with Gasteiger partial charge in [0.05, 0.1) is 31.1 Å². The Balaban J connectivity index is 1.63. The van der Waals surface area contributed by atoms with Crippen molar-refractivity contribution in [1.29, 1.82) is 0 Å². The number of ether oxygens (including phenoxy) is 3. The van der Waals surface area contributed by atoms with Crippen molar-refractivity contribution in [2.45, 2.75) is 4.90 Å². The Morgan fingerprint density at radius 2 is 1.67 bits per heavy atom. The third kappa shape index (κ3) is 4.46. The van der Waals surface area contributed by atoms with Gasteiger partial charge >= 0.3 is 0 Å². The first kappa shape index (κ1) is 22.2. The van der Waals surface area contributed by atoms with Gasteiger partial charge in [0.25, 0.3) is 10.0 Å². The van der Waals surface area contributed by atoms with Gasteiger partial charge in [-0.2, -0.15) is 0 Å². The zero-order valence-electron chi connectivity index (χ0n) is 17.7. The Hall–Kier alpha value is -4.05. The third-order valence-electron chi connectivity index (χ3n) is 4.83. The van der Waals surface area contributed by atoms with Crippen LogP contribution < -0.4 is 24.7 Å². The number of hydrogen-bond donors (Lipinski definition) is 2. The van der Waals surface area contributed by atoms with Crippen LogP contribution in [0.25, 0.3) is 10.9 Å². The van der Waals surface area contributed by atoms with Crippen molar-refractivity contribution in [3.05, 3.63) is 72.7 Å². The molecule has 0 amide bonds. The number of anilines is 2. The van der Waals surface area contributed by atoms with Gasteiger partial charge in [0, 0.05) is 23.7 Å². The molecule has 0 unspecified atom stereocenters. The molecular formula is C23H20FN3O5S. The number of benzene rings is 3. The number of hydrogen-bond acceptors (Lipinski definition) is 7. The molecule has 0 aliphatic rings. The molecule has 1 aromatic heterocycles. The lowest BCUT2D eigenvalue weighted by atomic mass is 10.2. The van der Waals surface area contributed by atoms with Crippen LogP contribution in [0.2, 0.25) is 0 Å². The highest BCUT2D eigenvalue weighted by molar-refractivity contribution is 7.92. The number of nitrogens with two attached hydrogens (primary N) is 1. The molecular weight excluding hydrogens is 449 g/mol. The molecule has 3 aromatic carbocycles. The Labute approximate surface area is 189 Å². The Morgan fingerprint density at radius 3 is 2.36 bits per heavy atom. The summed E-state index contributed by atoms with van der Waals surface area (Å²) in [5.74, 6) is 0.751. The summed E-state index contributed by atoms with van der Waals surface area (Å²) in [6.07, 6.45) is 1.55. The Morgan fingerprint density at radius 1 is 0.939 bits per heavy atom. The number of para-hydroxylation sites is 1. The van der Waals surface area contributed by atoms with Gasteiger partial charge in [0.15, 0.2) is 17.3 Å². The van der Waals surface area contributed by atoms with Crippen molar-refractivity contribution in [3.8, 4) is 23.0 Å². The van der Waals surface area contributed by atoms with E-state index in [1.807, 2.05) is 0 Å². The summed E-state index contributed by atoms with van der Waals surface area (Å²) in [4.78, 5) is 4.16. The lowest BCUT2D eigenvalue weighted by Crippen LogP contribution is -2.15. The highest BCUT2D eigenvalue weighted by atomic mass is 32.2. The van der Waals surface area contributed by atoms with Crippen molar-refractivity contribution in [3.63, 3.8) is 0 Å². The average Bonchev–Trinajstić information content (AvgIpc) is 2.80. The van der Waals surface area contributed by atoms with E-state index in [1.54, 1.807) is 30.5 Å². The fourth-order valence-electron chi connectivity index (χ4n) is 3.23. The number of nitrogens with one attached hydrogen (secondary N) is 1. The lowest BCUT2D eigenvalue weighted by Gasteiger charge is -2.14. The van der Waals surface area contributed by atoms with E-state index in [9.17, 15) is 12.8 Å². The molecule has 8 nitrogen and oxygen atoms in total. The molecule has 0 saturated heterocycles. The minimum absolute atomic E-state index is 0.0574. The van der Waals surface area contributed by atoms with Crippen LogP contribution in [0.4, 0.5) is 15.8 Å². The monoisotopic (exact) mass is 469 g/mol. The molecule has 170 valence electrons. The van der Waals surface area contributed by atoms with Crippen molar-refractivity contribution < 1.29 is 27.0 Å². The number of halogens is 1. The minimum Gasteiger partial charge on any atom is -0.493 e. The van der Waals surface area contributed by atoms with Gasteiger partial charge in [-0.05, 0) is 36.4 Å². The van der Waals surface area contributed by atoms with Crippen LogP contribution >= 0.6 is 0 Å². The predicted molar refractivity (Wildman–Crippen MR) is 123 cm³/mol. The molecule has 0 aliphatic carbocycles. The summed E-state index contributed by atoms with van der Waals surface area (Å²) in [5, 5.41) is 0.625. The number of sulfonamides is 1. The largest absolute Gasteiger partial charge is 0.493 e. The highest BCUT2D eigenvalue weighted by Crippen LogP contribution is 2.37. The van der Waals surface area contributed by atoms with Crippen LogP contribution in [0, 0.1) is 5.82 Å². The Kier molecular flexibility index (Phi) is 5.93. The standard InChI is InChI=1S/C23H20FN3O5S/c1-30-21-12-15-19(13-22(21)31-2)26-10-9-20(15)32-14-7-8-18(16(24)11-14)27-33(28,29)23-6-4-3-5-17(23)25/h3-13,27H,25H2,1-2H3. The normalized spacial score (nSPS) is 11.2. The number of nitrogen functional groups attached to an aromatic ring is 1. The van der Waals surface area contributed by atoms with Crippen LogP contribution in [-0.2, 0) is 10.0 Å². The lowest BCUT2D eigenvalue weighted by molar-refractivity contribution is 0.355. The van der Waals surface area contributed by atoms with E-state index in [-0.39, 0.29) is 22.0 Å². The smallest absolute Gasteiger partial charge is 0.264 e. The number of pyridine rings is 1. The number of aromatic nitrogens is 1. The fraction of sp³-hybridized carbons (Fsp3) is 0.0870. The molecule has 1 heterocycles. The maximum absolute atomic E-state index is 14.7. The first-order chi connectivity index (χ1) is 15.8. The predicted octanol–water partition coefficient (Wildman–Crippen LogP) is 4.57. The summed E-state index contributed by atoms with van der Waals surface area (Å²) >= 11 is 0. The third-order valence-corrected chi connectivity index (χ3v) is 6.27. The van der Waals surface area contributed by atoms with E-state index in [0.29, 0.717) is 28.2 Å². The molecule has 4 aromatic rings. The van der Waals surface area contributed by atoms with Crippen LogP contribution in [0.1, 0.15) is 0 Å². The van der Waals surface area contributed by atoms with Crippen molar-refractivity contribution in [2.24, 2.45) is 0 Å². The summed E-state index contributed by atoms with van der Waals surface area (Å²) in [6, 6.07) is 14.8. The molecule has 0 saturated carbocycles. The van der Waals surface area contributed by atoms with E-state index < -0.39 is 15.8 Å². The molecule has 0 radical (unpaired) electrons. The molecule has 0 atom stereocenters. The molecule has 10 heteroatoms. The van der Waals surface area contributed by atoms with Gasteiger partial charge in [-0.1, -0.05) is 12.1 Å². The molecule has 0 aliphatic heterocycles. The minimum atomic E-state index is -4.07. The maximum atomic E-state index is 14.7. The first-order valence-electron chi connectivity index (χ1n) is 9.68. The van der Waals surface area contributed by atoms with Crippen LogP contribution in [-0.4, -0.2) is 27.6 Å². The Bertz CT molecular complexity index is 1440. The molecule has 4 rings (SSSR count). The number of nitrogens with zero attached hydrogens (tertiary/aromatic N) is 1. The molecule has 33 heavy (non-hydrogen) atoms. The maximum Gasteiger partial charge on any atom is 0.264 e. The summed E-state index contributed by atoms with van der Waals surface area (Å²) in [6.45, 7) is 0. The van der Waals surface area contributed by atoms with Crippen LogP contribution in [0.5, 0.6) is 23.0 Å². The topological polar surface area (TPSA) is 113 Å². The molecule has 0 bridgehead atoms. The summed E-state index contributed by atoms with van der Waals surface area (Å²) in [5.41, 5.74) is 6.15. The quantitative estimate of drug-likeness (QED) is 0.381. The number of methoxy groups -OCH3 is 2. The molecule has 0 spiro atoms. The molecule has 0 fully saturated rings. The summed E-state index contributed by atoms with van der Waals surface area (Å²) < 4.78 is 58.6. The first-order valence-corrected chi connectivity index (χ1v) is 11.2. The van der Waals surface area contributed by atoms with Gasteiger partial charge in [0.1, 0.15) is 16.4 Å². The second-order valence-corrected chi connectivity index (χ2v) is 8.57. The summed E-state index contributed by atoms with van der Waals surface area (Å²) in [7, 11) is -1.04. The van der Waals surface area contributed by atoms with Crippen molar-refractivity contribution in [1.82, 2.24) is 4.98 Å². The fourth-order valence-corrected chi connectivity index (χ4v) is 4.43. The van der Waals surface area contributed by atoms with Gasteiger partial charge in [0.2, 0.25) is 0 Å². The second kappa shape index (κ2) is 8.83. The van der Waals surface area contributed by atoms with Gasteiger partial charge < -0.3 is 19.9 Å². The zero-order valence-corrected chi connectivity index (χ0v) is 18.5. The van der Waals surface area contributed by atoms with Gasteiger partial charge in [-0.25, -0.2) is 12.8 Å². The van der Waals surface area contributed by atoms with Crippen molar-refractivity contribution in [2.75, 3.05) is 24.7 Å². The van der Waals surface area contributed by atoms with Crippen LogP contribution in [0.15, 0.2) is 71.8 Å². The van der Waals surface area contributed by atoms with E-state index >= 15 is 0 Å². The average molecular weight is 469 g/mol. The van der Waals surface area contributed by atoms with E-state index in [2.05, 4.69) is 9.71 Å². The van der Waals surface area contributed by atoms with Gasteiger partial charge in [-0.3, -0.25) is 9.71 Å². The zero-order chi connectivity index (χ0) is 23.6. The van der Waals surface area contributed by atoms with Gasteiger partial charge in [-0.15, -0.1) is 0 Å². The van der Waals surface area contributed by atoms with E-state index in [1.165, 1.54) is 44.6 Å². The second-order valence-electron chi connectivity index (χ2n) is 6.92. The SMILES string of the molecule is COc1cc2nccc(Oc3ccc(NS(=O)(=O)c4ccccc4N)c(F)c3)c2cc1OC. The molecule has 3 N–H and O–H groups in total. The number of rotatable bonds is 7. The van der Waals surface area contributed by atoms with E-state index in [4.69, 9.17) is 19.9 Å². The van der Waals surface area contributed by atoms with E-state index in [0.717, 1.165) is 6.07 Å².